The number of hydrogen-bond donors (Lipinski definition) is 0. The highest BCUT2D eigenvalue weighted by atomic mass is 15.3. The fourth-order valence-electron chi connectivity index (χ4n) is 1.46. The van der Waals surface area contributed by atoms with E-state index in [-0.39, 0.29) is 0 Å². The molecule has 0 atom stereocenters. The summed E-state index contributed by atoms with van der Waals surface area (Å²) >= 11 is 0. The summed E-state index contributed by atoms with van der Waals surface area (Å²) in [7, 11) is 0. The van der Waals surface area contributed by atoms with E-state index in [4.69, 9.17) is 0 Å². The molecule has 0 fully saturated rings. The van der Waals surface area contributed by atoms with Crippen molar-refractivity contribution in [2.24, 2.45) is 0 Å². The van der Waals surface area contributed by atoms with Gasteiger partial charge in [-0.25, -0.2) is 0 Å². The van der Waals surface area contributed by atoms with E-state index in [9.17, 15) is 0 Å². The molecule has 0 saturated heterocycles. The average Bonchev–Trinajstić information content (AvgIpc) is 2.46. The van der Waals surface area contributed by atoms with Crippen molar-refractivity contribution in [3.05, 3.63) is 30.0 Å². The van der Waals surface area contributed by atoms with Crippen LogP contribution in [0.25, 0.3) is 10.9 Å². The molecule has 1 aromatic heterocycles. The van der Waals surface area contributed by atoms with Crippen molar-refractivity contribution >= 4 is 10.9 Å². The lowest BCUT2D eigenvalue weighted by atomic mass is 10.2. The molecule has 2 heteroatoms. The lowest BCUT2D eigenvalue weighted by Crippen LogP contribution is -1.94. The lowest BCUT2D eigenvalue weighted by molar-refractivity contribution is 0.684. The Kier molecular flexibility index (Phi) is 1.61. The SMILES string of the molecule is CCn1ncc2cc(C)ccc21. The molecule has 0 aliphatic rings. The highest BCUT2D eigenvalue weighted by Gasteiger charge is 1.99. The van der Waals surface area contributed by atoms with E-state index in [1.807, 2.05) is 10.9 Å². The van der Waals surface area contributed by atoms with Crippen molar-refractivity contribution in [3.63, 3.8) is 0 Å². The largest absolute Gasteiger partial charge is 0.265 e. The van der Waals surface area contributed by atoms with Crippen molar-refractivity contribution in [1.29, 1.82) is 0 Å². The van der Waals surface area contributed by atoms with Crippen molar-refractivity contribution in [3.8, 4) is 0 Å². The molecule has 0 bridgehead atoms. The van der Waals surface area contributed by atoms with E-state index in [1.54, 1.807) is 0 Å². The van der Waals surface area contributed by atoms with Crippen LogP contribution in [0.15, 0.2) is 24.4 Å². The van der Waals surface area contributed by atoms with Gasteiger partial charge in [-0.3, -0.25) is 4.68 Å². The van der Waals surface area contributed by atoms with Crippen LogP contribution in [0.5, 0.6) is 0 Å². The summed E-state index contributed by atoms with van der Waals surface area (Å²) < 4.78 is 2.01. The lowest BCUT2D eigenvalue weighted by Gasteiger charge is -1.97. The van der Waals surface area contributed by atoms with Gasteiger partial charge < -0.3 is 0 Å². The fraction of sp³-hybridized carbons (Fsp3) is 0.300. The maximum atomic E-state index is 4.27. The van der Waals surface area contributed by atoms with Crippen LogP contribution in [-0.4, -0.2) is 9.78 Å². The molecule has 2 nitrogen and oxygen atoms in total. The number of hydrogen-bond acceptors (Lipinski definition) is 1. The minimum atomic E-state index is 0.937. The molecule has 2 aromatic rings. The second kappa shape index (κ2) is 2.63. The first-order valence-electron chi connectivity index (χ1n) is 4.23. The molecule has 0 unspecified atom stereocenters. The summed E-state index contributed by atoms with van der Waals surface area (Å²) in [6.45, 7) is 5.14. The Morgan fingerprint density at radius 3 is 3.00 bits per heavy atom. The van der Waals surface area contributed by atoms with E-state index in [2.05, 4.69) is 37.1 Å². The Morgan fingerprint density at radius 1 is 1.42 bits per heavy atom. The van der Waals surface area contributed by atoms with Crippen molar-refractivity contribution in [1.82, 2.24) is 9.78 Å². The second-order valence-corrected chi connectivity index (χ2v) is 3.02. The van der Waals surface area contributed by atoms with E-state index < -0.39 is 0 Å². The van der Waals surface area contributed by atoms with Gasteiger partial charge in [-0.2, -0.15) is 5.10 Å². The quantitative estimate of drug-likeness (QED) is 0.626. The Bertz CT molecular complexity index is 401. The van der Waals surface area contributed by atoms with Gasteiger partial charge in [0.25, 0.3) is 0 Å². The highest BCUT2D eigenvalue weighted by molar-refractivity contribution is 5.79. The van der Waals surface area contributed by atoms with E-state index >= 15 is 0 Å². The molecule has 0 saturated carbocycles. The van der Waals surface area contributed by atoms with Gasteiger partial charge in [0.05, 0.1) is 11.7 Å². The van der Waals surface area contributed by atoms with Gasteiger partial charge in [0.2, 0.25) is 0 Å². The van der Waals surface area contributed by atoms with Crippen LogP contribution in [0.2, 0.25) is 0 Å². The van der Waals surface area contributed by atoms with Gasteiger partial charge in [0.15, 0.2) is 0 Å². The number of fused-ring (bicyclic) bond motifs is 1. The number of aromatic nitrogens is 2. The third kappa shape index (κ3) is 0.998. The van der Waals surface area contributed by atoms with Gasteiger partial charge in [0.1, 0.15) is 0 Å². The maximum absolute atomic E-state index is 4.27. The number of rotatable bonds is 1. The van der Waals surface area contributed by atoms with Crippen LogP contribution in [0, 0.1) is 6.92 Å². The van der Waals surface area contributed by atoms with Crippen LogP contribution in [0.4, 0.5) is 0 Å². The molecule has 1 aromatic carbocycles. The summed E-state index contributed by atoms with van der Waals surface area (Å²) in [6.07, 6.45) is 1.92. The van der Waals surface area contributed by atoms with E-state index in [1.165, 1.54) is 16.5 Å². The molecule has 62 valence electrons. The molecular weight excluding hydrogens is 148 g/mol. The van der Waals surface area contributed by atoms with Crippen LogP contribution >= 0.6 is 0 Å². The van der Waals surface area contributed by atoms with E-state index in [0.717, 1.165) is 6.54 Å². The van der Waals surface area contributed by atoms with Crippen molar-refractivity contribution in [2.75, 3.05) is 0 Å². The van der Waals surface area contributed by atoms with Crippen LogP contribution < -0.4 is 0 Å². The van der Waals surface area contributed by atoms with Gasteiger partial charge in [-0.05, 0) is 26.0 Å². The Balaban J connectivity index is 2.73. The average molecular weight is 160 g/mol. The molecule has 0 aliphatic heterocycles. The standard InChI is InChI=1S/C10H12N2/c1-3-12-10-5-4-8(2)6-9(10)7-11-12/h4-7H,3H2,1-2H3. The molecule has 2 rings (SSSR count). The third-order valence-corrected chi connectivity index (χ3v) is 2.10. The topological polar surface area (TPSA) is 17.8 Å². The van der Waals surface area contributed by atoms with Gasteiger partial charge in [-0.1, -0.05) is 11.6 Å². The van der Waals surface area contributed by atoms with Crippen LogP contribution in [-0.2, 0) is 6.54 Å². The highest BCUT2D eigenvalue weighted by Crippen LogP contribution is 2.14. The number of nitrogens with zero attached hydrogens (tertiary/aromatic N) is 2. The first-order chi connectivity index (χ1) is 5.81. The van der Waals surface area contributed by atoms with Crippen LogP contribution in [0.3, 0.4) is 0 Å². The zero-order valence-corrected chi connectivity index (χ0v) is 7.41. The minimum absolute atomic E-state index is 0.937. The number of benzene rings is 1. The van der Waals surface area contributed by atoms with Gasteiger partial charge >= 0.3 is 0 Å². The molecule has 0 radical (unpaired) electrons. The summed E-state index contributed by atoms with van der Waals surface area (Å²) in [4.78, 5) is 0. The minimum Gasteiger partial charge on any atom is -0.265 e. The van der Waals surface area contributed by atoms with Crippen molar-refractivity contribution < 1.29 is 0 Å². The molecule has 12 heavy (non-hydrogen) atoms. The molecule has 0 spiro atoms. The van der Waals surface area contributed by atoms with Gasteiger partial charge in [0, 0.05) is 11.9 Å². The zero-order valence-electron chi connectivity index (χ0n) is 7.41. The first kappa shape index (κ1) is 7.35. The maximum Gasteiger partial charge on any atom is 0.0682 e. The third-order valence-electron chi connectivity index (χ3n) is 2.10. The molecule has 0 aliphatic carbocycles. The molecular formula is C10H12N2. The second-order valence-electron chi connectivity index (χ2n) is 3.02. The Morgan fingerprint density at radius 2 is 2.25 bits per heavy atom. The summed E-state index contributed by atoms with van der Waals surface area (Å²) in [5.41, 5.74) is 2.52. The normalized spacial score (nSPS) is 10.8. The van der Waals surface area contributed by atoms with Gasteiger partial charge in [-0.15, -0.1) is 0 Å². The summed E-state index contributed by atoms with van der Waals surface area (Å²) in [5, 5.41) is 5.50. The van der Waals surface area contributed by atoms with Crippen LogP contribution in [0.1, 0.15) is 12.5 Å². The first-order valence-corrected chi connectivity index (χ1v) is 4.23. The fourth-order valence-corrected chi connectivity index (χ4v) is 1.46. The zero-order chi connectivity index (χ0) is 8.55. The number of aryl methyl sites for hydroxylation is 2. The summed E-state index contributed by atoms with van der Waals surface area (Å²) in [5.74, 6) is 0. The van der Waals surface area contributed by atoms with E-state index in [0.29, 0.717) is 0 Å². The van der Waals surface area contributed by atoms with Crippen molar-refractivity contribution in [2.45, 2.75) is 20.4 Å². The molecule has 0 N–H and O–H groups in total. The predicted molar refractivity (Wildman–Crippen MR) is 50.1 cm³/mol. The summed E-state index contributed by atoms with van der Waals surface area (Å²) in [6, 6.07) is 6.41. The molecule has 0 amide bonds. The monoisotopic (exact) mass is 160 g/mol. The smallest absolute Gasteiger partial charge is 0.0682 e. The Labute approximate surface area is 71.8 Å². The Hall–Kier alpha value is -1.31. The molecule has 1 heterocycles. The predicted octanol–water partition coefficient (Wildman–Crippen LogP) is 2.36.